The van der Waals surface area contributed by atoms with Crippen molar-refractivity contribution in [3.8, 4) is 0 Å². The van der Waals surface area contributed by atoms with Crippen molar-refractivity contribution in [1.29, 1.82) is 0 Å². The van der Waals surface area contributed by atoms with Crippen molar-refractivity contribution < 1.29 is 29.3 Å². The molecule has 0 saturated carbocycles. The van der Waals surface area contributed by atoms with Crippen molar-refractivity contribution in [2.75, 3.05) is 13.2 Å². The lowest BCUT2D eigenvalue weighted by molar-refractivity contribution is -0.155. The standard InChI is InChI=1S/C19H26O6/c1-11(2)18(22)24-15-7-13(9-20)5-4-6-14(10-21)8-16-17(15)12(3)19(23)25-16/h5,8,11,15-17,20-21H,3-4,6-7,9-10H2,1-2H3/b13-5-,14-8+/t15-,16-,17-/m1/s1. The summed E-state index contributed by atoms with van der Waals surface area (Å²) in [6.45, 7) is 6.97. The Morgan fingerprint density at radius 3 is 2.64 bits per heavy atom. The number of hydrogen-bond donors (Lipinski definition) is 2. The van der Waals surface area contributed by atoms with Gasteiger partial charge in [-0.15, -0.1) is 0 Å². The van der Waals surface area contributed by atoms with Gasteiger partial charge < -0.3 is 19.7 Å². The van der Waals surface area contributed by atoms with E-state index in [1.54, 1.807) is 19.9 Å². The largest absolute Gasteiger partial charge is 0.461 e. The van der Waals surface area contributed by atoms with Crippen molar-refractivity contribution in [2.45, 2.75) is 45.3 Å². The van der Waals surface area contributed by atoms with E-state index >= 15 is 0 Å². The lowest BCUT2D eigenvalue weighted by Gasteiger charge is -2.28. The first-order valence-corrected chi connectivity index (χ1v) is 8.56. The molecule has 1 heterocycles. The molecule has 1 aliphatic heterocycles. The highest BCUT2D eigenvalue weighted by molar-refractivity contribution is 5.91. The normalized spacial score (nSPS) is 31.5. The zero-order valence-corrected chi connectivity index (χ0v) is 14.7. The van der Waals surface area contributed by atoms with Gasteiger partial charge in [0.15, 0.2) is 0 Å². The van der Waals surface area contributed by atoms with Gasteiger partial charge in [-0.3, -0.25) is 4.79 Å². The molecule has 1 aliphatic carbocycles. The van der Waals surface area contributed by atoms with Crippen LogP contribution in [0.15, 0.2) is 35.5 Å². The molecule has 6 nitrogen and oxygen atoms in total. The molecule has 0 unspecified atom stereocenters. The summed E-state index contributed by atoms with van der Waals surface area (Å²) in [6, 6.07) is 0. The van der Waals surface area contributed by atoms with Gasteiger partial charge in [0, 0.05) is 12.0 Å². The first-order chi connectivity index (χ1) is 11.9. The van der Waals surface area contributed by atoms with E-state index in [1.165, 1.54) is 0 Å². The average molecular weight is 350 g/mol. The van der Waals surface area contributed by atoms with Crippen LogP contribution >= 0.6 is 0 Å². The highest BCUT2D eigenvalue weighted by Crippen LogP contribution is 2.36. The van der Waals surface area contributed by atoms with Crippen LogP contribution in [0.3, 0.4) is 0 Å². The van der Waals surface area contributed by atoms with Gasteiger partial charge in [-0.05, 0) is 30.1 Å². The monoisotopic (exact) mass is 350 g/mol. The first kappa shape index (κ1) is 19.4. The predicted octanol–water partition coefficient (Wildman–Crippen LogP) is 1.67. The summed E-state index contributed by atoms with van der Waals surface area (Å²) < 4.78 is 11.0. The van der Waals surface area contributed by atoms with Gasteiger partial charge in [-0.2, -0.15) is 0 Å². The molecule has 0 aromatic rings. The number of aliphatic hydroxyl groups is 2. The number of esters is 2. The average Bonchev–Trinajstić information content (AvgIpc) is 2.85. The lowest BCUT2D eigenvalue weighted by atomic mass is 9.85. The number of rotatable bonds is 4. The molecule has 0 spiro atoms. The predicted molar refractivity (Wildman–Crippen MR) is 91.4 cm³/mol. The van der Waals surface area contributed by atoms with Gasteiger partial charge in [0.1, 0.15) is 12.2 Å². The number of carbonyl (C=O) groups is 2. The number of allylic oxidation sites excluding steroid dienone is 1. The SMILES string of the molecule is C=C1C(=O)O[C@@H]2/C=C(/CO)CC/C=C(\CO)C[C@@H](OC(=O)C(C)C)[C@@H]12. The molecular formula is C19H26O6. The van der Waals surface area contributed by atoms with Gasteiger partial charge in [0.05, 0.1) is 25.0 Å². The maximum Gasteiger partial charge on any atom is 0.334 e. The second-order valence-electron chi connectivity index (χ2n) is 6.80. The third kappa shape index (κ3) is 4.58. The lowest BCUT2D eigenvalue weighted by Crippen LogP contribution is -2.35. The molecule has 2 N–H and O–H groups in total. The van der Waals surface area contributed by atoms with Crippen LogP contribution in [0.4, 0.5) is 0 Å². The number of aliphatic hydroxyl groups excluding tert-OH is 2. The summed E-state index contributed by atoms with van der Waals surface area (Å²) in [7, 11) is 0. The van der Waals surface area contributed by atoms with Crippen LogP contribution in [0.1, 0.15) is 33.1 Å². The second kappa shape index (κ2) is 8.45. The van der Waals surface area contributed by atoms with Crippen LogP contribution in [0.5, 0.6) is 0 Å². The highest BCUT2D eigenvalue weighted by atomic mass is 16.6. The third-order valence-electron chi connectivity index (χ3n) is 4.57. The molecule has 6 heteroatoms. The zero-order valence-electron chi connectivity index (χ0n) is 14.7. The van der Waals surface area contributed by atoms with Gasteiger partial charge in [0.2, 0.25) is 0 Å². The molecule has 0 bridgehead atoms. The molecule has 2 rings (SSSR count). The Morgan fingerprint density at radius 2 is 2.04 bits per heavy atom. The first-order valence-electron chi connectivity index (χ1n) is 8.56. The summed E-state index contributed by atoms with van der Waals surface area (Å²) in [4.78, 5) is 24.2. The minimum atomic E-state index is -0.661. The van der Waals surface area contributed by atoms with E-state index in [1.807, 2.05) is 6.08 Å². The van der Waals surface area contributed by atoms with Crippen molar-refractivity contribution in [2.24, 2.45) is 11.8 Å². The molecule has 25 heavy (non-hydrogen) atoms. The fraction of sp³-hybridized carbons (Fsp3) is 0.579. The number of fused-ring (bicyclic) bond motifs is 1. The molecular weight excluding hydrogens is 324 g/mol. The highest BCUT2D eigenvalue weighted by Gasteiger charge is 2.44. The van der Waals surface area contributed by atoms with E-state index < -0.39 is 24.1 Å². The van der Waals surface area contributed by atoms with Crippen LogP contribution in [0, 0.1) is 11.8 Å². The second-order valence-corrected chi connectivity index (χ2v) is 6.80. The Bertz CT molecular complexity index is 601. The Morgan fingerprint density at radius 1 is 1.36 bits per heavy atom. The maximum atomic E-state index is 12.1. The summed E-state index contributed by atoms with van der Waals surface area (Å²) >= 11 is 0. The Balaban J connectivity index is 2.41. The van der Waals surface area contributed by atoms with E-state index in [0.29, 0.717) is 19.3 Å². The summed E-state index contributed by atoms with van der Waals surface area (Å²) in [5.41, 5.74) is 1.71. The summed E-state index contributed by atoms with van der Waals surface area (Å²) in [6.07, 6.45) is 3.88. The molecule has 0 radical (unpaired) electrons. The fourth-order valence-electron chi connectivity index (χ4n) is 3.09. The molecule has 0 aromatic carbocycles. The Labute approximate surface area is 147 Å². The van der Waals surface area contributed by atoms with Crippen LogP contribution in [0.25, 0.3) is 0 Å². The smallest absolute Gasteiger partial charge is 0.334 e. The van der Waals surface area contributed by atoms with Gasteiger partial charge in [-0.25, -0.2) is 4.79 Å². The molecule has 138 valence electrons. The number of hydrogen-bond acceptors (Lipinski definition) is 6. The molecule has 1 saturated heterocycles. The van der Waals surface area contributed by atoms with E-state index in [-0.39, 0.29) is 30.7 Å². The van der Waals surface area contributed by atoms with Gasteiger partial charge >= 0.3 is 11.9 Å². The molecule has 3 atom stereocenters. The number of ether oxygens (including phenoxy) is 2. The van der Waals surface area contributed by atoms with Crippen LogP contribution < -0.4 is 0 Å². The number of carbonyl (C=O) groups excluding carboxylic acids is 2. The van der Waals surface area contributed by atoms with Crippen molar-refractivity contribution >= 4 is 11.9 Å². The van der Waals surface area contributed by atoms with Crippen molar-refractivity contribution in [3.63, 3.8) is 0 Å². The summed E-state index contributed by atoms with van der Waals surface area (Å²) in [5, 5.41) is 19.2. The van der Waals surface area contributed by atoms with Crippen LogP contribution in [-0.2, 0) is 19.1 Å². The molecule has 1 fully saturated rings. The van der Waals surface area contributed by atoms with E-state index in [0.717, 1.165) is 11.1 Å². The molecule has 0 amide bonds. The minimum Gasteiger partial charge on any atom is -0.461 e. The van der Waals surface area contributed by atoms with E-state index in [2.05, 4.69) is 6.58 Å². The van der Waals surface area contributed by atoms with E-state index in [9.17, 15) is 19.8 Å². The zero-order chi connectivity index (χ0) is 18.6. The third-order valence-corrected chi connectivity index (χ3v) is 4.57. The van der Waals surface area contributed by atoms with Gasteiger partial charge in [0.25, 0.3) is 0 Å². The Hall–Kier alpha value is -1.92. The van der Waals surface area contributed by atoms with Crippen molar-refractivity contribution in [3.05, 3.63) is 35.5 Å². The summed E-state index contributed by atoms with van der Waals surface area (Å²) in [5.74, 6) is -1.76. The quantitative estimate of drug-likeness (QED) is 0.455. The topological polar surface area (TPSA) is 93.1 Å². The fourth-order valence-corrected chi connectivity index (χ4v) is 3.09. The van der Waals surface area contributed by atoms with Gasteiger partial charge in [-0.1, -0.05) is 26.5 Å². The van der Waals surface area contributed by atoms with Crippen molar-refractivity contribution in [1.82, 2.24) is 0 Å². The molecule has 2 aliphatic rings. The maximum absolute atomic E-state index is 12.1. The Kier molecular flexibility index (Phi) is 6.56. The van der Waals surface area contributed by atoms with E-state index in [4.69, 9.17) is 9.47 Å². The van der Waals surface area contributed by atoms with Crippen LogP contribution in [0.2, 0.25) is 0 Å². The molecule has 0 aromatic heterocycles. The van der Waals surface area contributed by atoms with Crippen LogP contribution in [-0.4, -0.2) is 47.6 Å². The minimum absolute atomic E-state index is 0.147.